The third-order valence-electron chi connectivity index (χ3n) is 3.45. The van der Waals surface area contributed by atoms with Gasteiger partial charge in [0.1, 0.15) is 0 Å². The van der Waals surface area contributed by atoms with Crippen LogP contribution in [0.4, 0.5) is 0 Å². The van der Waals surface area contributed by atoms with Crippen LogP contribution < -0.4 is 11.3 Å². The first kappa shape index (κ1) is 16.8. The topological polar surface area (TPSA) is 55.9 Å². The Bertz CT molecular complexity index is 622. The van der Waals surface area contributed by atoms with Crippen molar-refractivity contribution in [3.63, 3.8) is 0 Å². The molecule has 21 heavy (non-hydrogen) atoms. The summed E-state index contributed by atoms with van der Waals surface area (Å²) in [6, 6.07) is 5.51. The number of nitrogens with zero attached hydrogens (tertiary/aromatic N) is 2. The second-order valence-electron chi connectivity index (χ2n) is 4.94. The summed E-state index contributed by atoms with van der Waals surface area (Å²) in [6.45, 7) is 1.96. The zero-order chi connectivity index (χ0) is 15.6. The van der Waals surface area contributed by atoms with E-state index in [-0.39, 0.29) is 6.04 Å². The molecular formula is C14H17BrCl2N4. The van der Waals surface area contributed by atoms with Crippen LogP contribution in [-0.4, -0.2) is 15.8 Å². The number of nitrogens with one attached hydrogen (secondary N) is 1. The van der Waals surface area contributed by atoms with E-state index in [0.717, 1.165) is 27.8 Å². The van der Waals surface area contributed by atoms with Gasteiger partial charge >= 0.3 is 0 Å². The minimum atomic E-state index is 0.00787. The van der Waals surface area contributed by atoms with Crippen LogP contribution in [-0.2, 0) is 19.9 Å². The lowest BCUT2D eigenvalue weighted by atomic mass is 10.0. The molecule has 0 spiro atoms. The molecule has 3 N–H and O–H groups in total. The molecule has 2 aromatic rings. The highest BCUT2D eigenvalue weighted by molar-refractivity contribution is 9.10. The van der Waals surface area contributed by atoms with Gasteiger partial charge in [-0.1, -0.05) is 29.3 Å². The van der Waals surface area contributed by atoms with Crippen LogP contribution in [0.2, 0.25) is 10.0 Å². The van der Waals surface area contributed by atoms with Gasteiger partial charge in [0, 0.05) is 29.6 Å². The molecule has 0 amide bonds. The zero-order valence-corrected chi connectivity index (χ0v) is 14.9. The van der Waals surface area contributed by atoms with E-state index in [4.69, 9.17) is 29.0 Å². The predicted octanol–water partition coefficient (Wildman–Crippen LogP) is 3.41. The fourth-order valence-electron chi connectivity index (χ4n) is 2.30. The molecule has 4 nitrogen and oxygen atoms in total. The van der Waals surface area contributed by atoms with Gasteiger partial charge in [0.25, 0.3) is 0 Å². The van der Waals surface area contributed by atoms with Gasteiger partial charge in [-0.15, -0.1) is 0 Å². The lowest BCUT2D eigenvalue weighted by Gasteiger charge is -2.18. The van der Waals surface area contributed by atoms with Crippen molar-refractivity contribution in [2.45, 2.75) is 25.8 Å². The van der Waals surface area contributed by atoms with E-state index in [2.05, 4.69) is 26.5 Å². The van der Waals surface area contributed by atoms with Crippen molar-refractivity contribution in [2.75, 3.05) is 0 Å². The van der Waals surface area contributed by atoms with Crippen LogP contribution >= 0.6 is 39.1 Å². The van der Waals surface area contributed by atoms with Crippen LogP contribution in [0, 0.1) is 6.92 Å². The number of aryl methyl sites for hydroxylation is 2. The van der Waals surface area contributed by atoms with Gasteiger partial charge in [0.05, 0.1) is 15.9 Å². The smallest absolute Gasteiger partial charge is 0.0738 e. The van der Waals surface area contributed by atoms with E-state index in [1.54, 1.807) is 0 Å². The maximum Gasteiger partial charge on any atom is 0.0738 e. The maximum absolute atomic E-state index is 6.22. The first-order chi connectivity index (χ1) is 9.93. The van der Waals surface area contributed by atoms with Crippen molar-refractivity contribution >= 4 is 39.1 Å². The minimum absolute atomic E-state index is 0.00787. The van der Waals surface area contributed by atoms with Gasteiger partial charge in [-0.05, 0) is 47.0 Å². The molecule has 7 heteroatoms. The SMILES string of the molecule is Cc1nn(C)c(CC(Cc2c(Cl)cccc2Cl)NN)c1Br. The Morgan fingerprint density at radius 3 is 2.43 bits per heavy atom. The largest absolute Gasteiger partial charge is 0.271 e. The highest BCUT2D eigenvalue weighted by Crippen LogP contribution is 2.27. The number of halogens is 3. The van der Waals surface area contributed by atoms with Crippen LogP contribution in [0.1, 0.15) is 17.0 Å². The first-order valence-corrected chi connectivity index (χ1v) is 8.06. The van der Waals surface area contributed by atoms with Crippen LogP contribution in [0.5, 0.6) is 0 Å². The summed E-state index contributed by atoms with van der Waals surface area (Å²) < 4.78 is 2.87. The summed E-state index contributed by atoms with van der Waals surface area (Å²) in [7, 11) is 1.92. The van der Waals surface area contributed by atoms with Gasteiger partial charge in [-0.3, -0.25) is 16.0 Å². The molecule has 0 fully saturated rings. The number of rotatable bonds is 5. The van der Waals surface area contributed by atoms with Gasteiger partial charge in [-0.2, -0.15) is 5.10 Å². The van der Waals surface area contributed by atoms with Crippen LogP contribution in [0.15, 0.2) is 22.7 Å². The van der Waals surface area contributed by atoms with Crippen molar-refractivity contribution in [3.8, 4) is 0 Å². The van der Waals surface area contributed by atoms with Crippen molar-refractivity contribution < 1.29 is 0 Å². The van der Waals surface area contributed by atoms with E-state index in [9.17, 15) is 0 Å². The number of hydrazine groups is 1. The Morgan fingerprint density at radius 1 is 1.33 bits per heavy atom. The Hall–Kier alpha value is -0.590. The predicted molar refractivity (Wildman–Crippen MR) is 90.6 cm³/mol. The summed E-state index contributed by atoms with van der Waals surface area (Å²) in [5.41, 5.74) is 5.78. The number of benzene rings is 1. The fourth-order valence-corrected chi connectivity index (χ4v) is 3.35. The monoisotopic (exact) mass is 390 g/mol. The second-order valence-corrected chi connectivity index (χ2v) is 6.55. The van der Waals surface area contributed by atoms with E-state index in [1.807, 2.05) is 36.9 Å². The molecular weight excluding hydrogens is 375 g/mol. The molecule has 0 bridgehead atoms. The first-order valence-electron chi connectivity index (χ1n) is 6.51. The standard InChI is InChI=1S/C14H17BrCl2N4/c1-8-14(15)13(21(2)20-8)7-9(19-18)6-10-11(16)4-3-5-12(10)17/h3-5,9,19H,6-7,18H2,1-2H3. The van der Waals surface area contributed by atoms with Crippen LogP contribution in [0.25, 0.3) is 0 Å². The molecule has 2 rings (SSSR count). The fraction of sp³-hybridized carbons (Fsp3) is 0.357. The normalized spacial score (nSPS) is 12.7. The van der Waals surface area contributed by atoms with E-state index < -0.39 is 0 Å². The molecule has 1 aromatic heterocycles. The molecule has 0 aliphatic carbocycles. The molecule has 0 saturated carbocycles. The Labute approximate surface area is 142 Å². The van der Waals surface area contributed by atoms with Crippen molar-refractivity contribution in [3.05, 3.63) is 49.7 Å². The number of nitrogens with two attached hydrogens (primary N) is 1. The van der Waals surface area contributed by atoms with Crippen molar-refractivity contribution in [2.24, 2.45) is 12.9 Å². The summed E-state index contributed by atoms with van der Waals surface area (Å²) in [4.78, 5) is 0. The Morgan fingerprint density at radius 2 is 1.95 bits per heavy atom. The zero-order valence-electron chi connectivity index (χ0n) is 11.8. The van der Waals surface area contributed by atoms with Crippen LogP contribution in [0.3, 0.4) is 0 Å². The molecule has 114 valence electrons. The molecule has 0 aliphatic rings. The summed E-state index contributed by atoms with van der Waals surface area (Å²) >= 11 is 16.0. The van der Waals surface area contributed by atoms with Gasteiger partial charge in [0.15, 0.2) is 0 Å². The highest BCUT2D eigenvalue weighted by atomic mass is 79.9. The second kappa shape index (κ2) is 7.11. The van der Waals surface area contributed by atoms with E-state index >= 15 is 0 Å². The Kier molecular flexibility index (Phi) is 5.68. The molecule has 1 aromatic carbocycles. The average Bonchev–Trinajstić information content (AvgIpc) is 2.67. The molecule has 1 atom stereocenters. The highest BCUT2D eigenvalue weighted by Gasteiger charge is 2.18. The molecule has 0 radical (unpaired) electrons. The lowest BCUT2D eigenvalue weighted by Crippen LogP contribution is -2.39. The number of hydrogen-bond donors (Lipinski definition) is 2. The quantitative estimate of drug-likeness (QED) is 0.606. The summed E-state index contributed by atoms with van der Waals surface area (Å²) in [5, 5.41) is 5.70. The molecule has 0 saturated heterocycles. The van der Waals surface area contributed by atoms with Gasteiger partial charge < -0.3 is 0 Å². The third-order valence-corrected chi connectivity index (χ3v) is 5.19. The Balaban J connectivity index is 2.21. The number of aromatic nitrogens is 2. The molecule has 1 unspecified atom stereocenters. The lowest BCUT2D eigenvalue weighted by molar-refractivity contribution is 0.504. The number of hydrogen-bond acceptors (Lipinski definition) is 3. The van der Waals surface area contributed by atoms with Crippen molar-refractivity contribution in [1.29, 1.82) is 0 Å². The summed E-state index contributed by atoms with van der Waals surface area (Å²) in [6.07, 6.45) is 1.36. The third kappa shape index (κ3) is 3.79. The van der Waals surface area contributed by atoms with Gasteiger partial charge in [-0.25, -0.2) is 0 Å². The van der Waals surface area contributed by atoms with E-state index in [0.29, 0.717) is 16.5 Å². The van der Waals surface area contributed by atoms with Gasteiger partial charge in [0.2, 0.25) is 0 Å². The average molecular weight is 392 g/mol. The summed E-state index contributed by atoms with van der Waals surface area (Å²) in [5.74, 6) is 5.69. The molecule has 0 aliphatic heterocycles. The maximum atomic E-state index is 6.22. The molecule has 1 heterocycles. The minimum Gasteiger partial charge on any atom is -0.271 e. The van der Waals surface area contributed by atoms with Crippen molar-refractivity contribution in [1.82, 2.24) is 15.2 Å². The van der Waals surface area contributed by atoms with E-state index in [1.165, 1.54) is 0 Å².